The molecule has 0 aromatic heterocycles. The Hall–Kier alpha value is -3.14. The third-order valence-electron chi connectivity index (χ3n) is 4.87. The van der Waals surface area contributed by atoms with Crippen LogP contribution in [0.1, 0.15) is 36.8 Å². The molecule has 144 valence electrons. The van der Waals surface area contributed by atoms with Crippen LogP contribution >= 0.6 is 0 Å². The summed E-state index contributed by atoms with van der Waals surface area (Å²) < 4.78 is 0. The van der Waals surface area contributed by atoms with Crippen LogP contribution in [0, 0.1) is 0 Å². The number of benzene rings is 2. The Morgan fingerprint density at radius 2 is 1.07 bits per heavy atom. The van der Waals surface area contributed by atoms with Crippen molar-refractivity contribution in [3.05, 3.63) is 83.9 Å². The summed E-state index contributed by atoms with van der Waals surface area (Å²) >= 11 is 0. The van der Waals surface area contributed by atoms with E-state index < -0.39 is 0 Å². The average molecular weight is 374 g/mol. The first-order valence-corrected chi connectivity index (χ1v) is 9.78. The molecule has 1 saturated carbocycles. The van der Waals surface area contributed by atoms with Crippen molar-refractivity contribution in [3.8, 4) is 0 Å². The second kappa shape index (κ2) is 10.3. The van der Waals surface area contributed by atoms with Gasteiger partial charge in [-0.05, 0) is 36.1 Å². The van der Waals surface area contributed by atoms with Gasteiger partial charge in [-0.15, -0.1) is 0 Å². The Morgan fingerprint density at radius 1 is 0.679 bits per heavy atom. The number of hydrogen-bond donors (Lipinski definition) is 2. The third-order valence-corrected chi connectivity index (χ3v) is 4.87. The second-order valence-corrected chi connectivity index (χ2v) is 7.00. The molecule has 2 aromatic carbocycles. The van der Waals surface area contributed by atoms with Gasteiger partial charge in [0, 0.05) is 24.2 Å². The number of hydrogen-bond acceptors (Lipinski definition) is 2. The minimum absolute atomic E-state index is 0.0456. The zero-order valence-electron chi connectivity index (χ0n) is 15.9. The lowest BCUT2D eigenvalue weighted by Gasteiger charge is -2.32. The minimum Gasteiger partial charge on any atom is -0.348 e. The fraction of sp³-hybridized carbons (Fsp3) is 0.250. The molecule has 0 bridgehead atoms. The molecule has 0 unspecified atom stereocenters. The number of amides is 2. The average Bonchev–Trinajstić information content (AvgIpc) is 2.74. The molecule has 0 heterocycles. The van der Waals surface area contributed by atoms with Gasteiger partial charge < -0.3 is 10.6 Å². The summed E-state index contributed by atoms with van der Waals surface area (Å²) in [5.41, 5.74) is 1.97. The Labute approximate surface area is 166 Å². The highest BCUT2D eigenvalue weighted by Crippen LogP contribution is 2.19. The Bertz CT molecular complexity index is 757. The molecule has 2 N–H and O–H groups in total. The maximum Gasteiger partial charge on any atom is 0.244 e. The first kappa shape index (κ1) is 19.6. The van der Waals surface area contributed by atoms with Crippen LogP contribution in [0.2, 0.25) is 0 Å². The first-order valence-electron chi connectivity index (χ1n) is 9.78. The summed E-state index contributed by atoms with van der Waals surface area (Å²) in [7, 11) is 0. The van der Waals surface area contributed by atoms with Crippen LogP contribution in [0.15, 0.2) is 72.8 Å². The van der Waals surface area contributed by atoms with Gasteiger partial charge in [-0.3, -0.25) is 9.59 Å². The molecule has 2 amide bonds. The second-order valence-electron chi connectivity index (χ2n) is 7.00. The van der Waals surface area contributed by atoms with Crippen molar-refractivity contribution in [1.29, 1.82) is 0 Å². The summed E-state index contributed by atoms with van der Waals surface area (Å²) in [5.74, 6) is -0.260. The molecule has 1 aliphatic carbocycles. The number of carbonyl (C=O) groups excluding carboxylic acids is 2. The molecule has 2 aromatic rings. The molecule has 28 heavy (non-hydrogen) atoms. The lowest BCUT2D eigenvalue weighted by molar-refractivity contribution is -0.120. The van der Waals surface area contributed by atoms with Gasteiger partial charge in [0.15, 0.2) is 0 Å². The SMILES string of the molecule is O=C(/C=C/c1ccccc1)N[C@H]1CCCC[C@H]1NC(=O)/C=C/c1ccccc1. The van der Waals surface area contributed by atoms with Gasteiger partial charge in [-0.2, -0.15) is 0 Å². The van der Waals surface area contributed by atoms with Gasteiger partial charge in [0.25, 0.3) is 0 Å². The monoisotopic (exact) mass is 374 g/mol. The van der Waals surface area contributed by atoms with Gasteiger partial charge >= 0.3 is 0 Å². The van der Waals surface area contributed by atoms with Crippen molar-refractivity contribution >= 4 is 24.0 Å². The first-order chi connectivity index (χ1) is 13.7. The summed E-state index contributed by atoms with van der Waals surface area (Å²) in [5, 5.41) is 6.11. The standard InChI is InChI=1S/C24H26N2O2/c27-23(17-15-19-9-3-1-4-10-19)25-21-13-7-8-14-22(21)26-24(28)18-16-20-11-5-2-6-12-20/h1-6,9-12,15-18,21-22H,7-8,13-14H2,(H,25,27)(H,26,28)/b17-15+,18-16+/t21-,22+. The van der Waals surface area contributed by atoms with Crippen LogP contribution in [-0.2, 0) is 9.59 Å². The van der Waals surface area contributed by atoms with E-state index in [0.29, 0.717) is 0 Å². The van der Waals surface area contributed by atoms with Gasteiger partial charge in [-0.1, -0.05) is 73.5 Å². The number of rotatable bonds is 6. The van der Waals surface area contributed by atoms with E-state index in [2.05, 4.69) is 10.6 Å². The predicted molar refractivity (Wildman–Crippen MR) is 113 cm³/mol. The maximum absolute atomic E-state index is 12.3. The highest BCUT2D eigenvalue weighted by molar-refractivity contribution is 5.93. The van der Waals surface area contributed by atoms with Crippen molar-refractivity contribution in [3.63, 3.8) is 0 Å². The minimum atomic E-state index is -0.130. The van der Waals surface area contributed by atoms with E-state index in [9.17, 15) is 9.59 Å². The predicted octanol–water partition coefficient (Wildman–Crippen LogP) is 3.96. The molecule has 1 aliphatic rings. The smallest absolute Gasteiger partial charge is 0.244 e. The van der Waals surface area contributed by atoms with E-state index in [0.717, 1.165) is 36.8 Å². The topological polar surface area (TPSA) is 58.2 Å². The fourth-order valence-electron chi connectivity index (χ4n) is 3.41. The van der Waals surface area contributed by atoms with Crippen LogP contribution < -0.4 is 10.6 Å². The third kappa shape index (κ3) is 6.23. The molecule has 3 rings (SSSR count). The molecule has 0 spiro atoms. The molecule has 0 aliphatic heterocycles. The van der Waals surface area contributed by atoms with Crippen molar-refractivity contribution in [2.24, 2.45) is 0 Å². The van der Waals surface area contributed by atoms with E-state index in [4.69, 9.17) is 0 Å². The van der Waals surface area contributed by atoms with Gasteiger partial charge in [0.05, 0.1) is 0 Å². The number of carbonyl (C=O) groups is 2. The largest absolute Gasteiger partial charge is 0.348 e. The molecule has 4 nitrogen and oxygen atoms in total. The Kier molecular flexibility index (Phi) is 7.19. The number of nitrogens with one attached hydrogen (secondary N) is 2. The molecule has 4 heteroatoms. The molecule has 2 atom stereocenters. The molecular weight excluding hydrogens is 348 g/mol. The lowest BCUT2D eigenvalue weighted by atomic mass is 9.90. The van der Waals surface area contributed by atoms with Crippen LogP contribution in [0.25, 0.3) is 12.2 Å². The maximum atomic E-state index is 12.3. The zero-order valence-corrected chi connectivity index (χ0v) is 15.9. The Morgan fingerprint density at radius 3 is 1.46 bits per heavy atom. The molecule has 0 radical (unpaired) electrons. The summed E-state index contributed by atoms with van der Waals surface area (Å²) in [6.45, 7) is 0. The molecule has 1 fully saturated rings. The van der Waals surface area contributed by atoms with Crippen LogP contribution in [-0.4, -0.2) is 23.9 Å². The summed E-state index contributed by atoms with van der Waals surface area (Å²) in [4.78, 5) is 24.6. The van der Waals surface area contributed by atoms with E-state index in [1.807, 2.05) is 60.7 Å². The fourth-order valence-corrected chi connectivity index (χ4v) is 3.41. The molecular formula is C24H26N2O2. The van der Waals surface area contributed by atoms with E-state index in [1.165, 1.54) is 0 Å². The van der Waals surface area contributed by atoms with Crippen molar-refractivity contribution in [2.75, 3.05) is 0 Å². The highest BCUT2D eigenvalue weighted by atomic mass is 16.2. The van der Waals surface area contributed by atoms with Gasteiger partial charge in [0.1, 0.15) is 0 Å². The van der Waals surface area contributed by atoms with Gasteiger partial charge in [-0.25, -0.2) is 0 Å². The van der Waals surface area contributed by atoms with Crippen LogP contribution in [0.5, 0.6) is 0 Å². The van der Waals surface area contributed by atoms with E-state index >= 15 is 0 Å². The van der Waals surface area contributed by atoms with Crippen molar-refractivity contribution < 1.29 is 9.59 Å². The van der Waals surface area contributed by atoms with E-state index in [1.54, 1.807) is 24.3 Å². The van der Waals surface area contributed by atoms with Crippen molar-refractivity contribution in [2.45, 2.75) is 37.8 Å². The summed E-state index contributed by atoms with van der Waals surface area (Å²) in [6.07, 6.45) is 10.6. The van der Waals surface area contributed by atoms with E-state index in [-0.39, 0.29) is 23.9 Å². The lowest BCUT2D eigenvalue weighted by Crippen LogP contribution is -2.52. The van der Waals surface area contributed by atoms with Crippen LogP contribution in [0.4, 0.5) is 0 Å². The highest BCUT2D eigenvalue weighted by Gasteiger charge is 2.26. The Balaban J connectivity index is 1.54. The van der Waals surface area contributed by atoms with Crippen LogP contribution in [0.3, 0.4) is 0 Å². The quantitative estimate of drug-likeness (QED) is 0.752. The van der Waals surface area contributed by atoms with Crippen molar-refractivity contribution in [1.82, 2.24) is 10.6 Å². The zero-order chi connectivity index (χ0) is 19.6. The normalized spacial score (nSPS) is 19.6. The summed E-state index contributed by atoms with van der Waals surface area (Å²) in [6, 6.07) is 19.4. The molecule has 0 saturated heterocycles. The van der Waals surface area contributed by atoms with Gasteiger partial charge in [0.2, 0.25) is 11.8 Å².